The molecule has 114 valence electrons. The average Bonchev–Trinajstić information content (AvgIpc) is 2.32. The Labute approximate surface area is 120 Å². The number of rotatable bonds is 8. The van der Waals surface area contributed by atoms with E-state index in [0.29, 0.717) is 0 Å². The van der Waals surface area contributed by atoms with Gasteiger partial charge < -0.3 is 15.5 Å². The van der Waals surface area contributed by atoms with Gasteiger partial charge in [-0.3, -0.25) is 4.99 Å². The highest BCUT2D eigenvalue weighted by Crippen LogP contribution is 2.14. The van der Waals surface area contributed by atoms with Crippen LogP contribution in [-0.2, 0) is 0 Å². The highest BCUT2D eigenvalue weighted by molar-refractivity contribution is 5.79. The van der Waals surface area contributed by atoms with Gasteiger partial charge in [0, 0.05) is 26.7 Å². The summed E-state index contributed by atoms with van der Waals surface area (Å²) in [5.74, 6) is 1.65. The molecular weight excluding hydrogens is 236 g/mol. The average molecular weight is 270 g/mol. The van der Waals surface area contributed by atoms with Gasteiger partial charge in [-0.1, -0.05) is 40.5 Å². The molecule has 19 heavy (non-hydrogen) atoms. The van der Waals surface area contributed by atoms with Crippen molar-refractivity contribution in [1.82, 2.24) is 15.5 Å². The van der Waals surface area contributed by atoms with E-state index in [1.165, 1.54) is 12.8 Å². The first-order chi connectivity index (χ1) is 8.84. The highest BCUT2D eigenvalue weighted by atomic mass is 15.2. The molecular formula is C15H34N4. The molecule has 0 saturated heterocycles. The van der Waals surface area contributed by atoms with Crippen LogP contribution in [0.4, 0.5) is 0 Å². The number of nitrogens with zero attached hydrogens (tertiary/aromatic N) is 2. The summed E-state index contributed by atoms with van der Waals surface area (Å²) in [7, 11) is 6.06. The van der Waals surface area contributed by atoms with Crippen molar-refractivity contribution in [2.45, 2.75) is 40.5 Å². The summed E-state index contributed by atoms with van der Waals surface area (Å²) in [5.41, 5.74) is 0.232. The highest BCUT2D eigenvalue weighted by Gasteiger charge is 2.19. The fourth-order valence-electron chi connectivity index (χ4n) is 2.27. The van der Waals surface area contributed by atoms with Crippen LogP contribution >= 0.6 is 0 Å². The maximum atomic E-state index is 4.29. The monoisotopic (exact) mass is 270 g/mol. The molecule has 0 aliphatic carbocycles. The Kier molecular flexibility index (Phi) is 8.81. The van der Waals surface area contributed by atoms with Gasteiger partial charge in [-0.15, -0.1) is 0 Å². The van der Waals surface area contributed by atoms with Crippen molar-refractivity contribution in [1.29, 1.82) is 0 Å². The maximum absolute atomic E-state index is 4.29. The summed E-state index contributed by atoms with van der Waals surface area (Å²) in [5, 5.41) is 6.85. The predicted molar refractivity (Wildman–Crippen MR) is 85.8 cm³/mol. The van der Waals surface area contributed by atoms with Gasteiger partial charge in [0.1, 0.15) is 0 Å². The van der Waals surface area contributed by atoms with Gasteiger partial charge in [0.2, 0.25) is 0 Å². The molecule has 0 aromatic heterocycles. The molecule has 0 aromatic rings. The summed E-state index contributed by atoms with van der Waals surface area (Å²) in [4.78, 5) is 6.52. The summed E-state index contributed by atoms with van der Waals surface area (Å²) in [6.07, 6.45) is 2.43. The van der Waals surface area contributed by atoms with Crippen LogP contribution < -0.4 is 10.6 Å². The third-order valence-corrected chi connectivity index (χ3v) is 3.42. The van der Waals surface area contributed by atoms with Crippen LogP contribution in [0.25, 0.3) is 0 Å². The van der Waals surface area contributed by atoms with Crippen LogP contribution in [0.5, 0.6) is 0 Å². The molecule has 0 fully saturated rings. The molecule has 0 radical (unpaired) electrons. The van der Waals surface area contributed by atoms with Gasteiger partial charge in [0.25, 0.3) is 0 Å². The van der Waals surface area contributed by atoms with Crippen LogP contribution in [0, 0.1) is 11.3 Å². The zero-order valence-corrected chi connectivity index (χ0v) is 14.0. The van der Waals surface area contributed by atoms with E-state index in [4.69, 9.17) is 0 Å². The topological polar surface area (TPSA) is 39.7 Å². The zero-order chi connectivity index (χ0) is 14.9. The lowest BCUT2D eigenvalue weighted by Crippen LogP contribution is -2.45. The zero-order valence-electron chi connectivity index (χ0n) is 14.0. The van der Waals surface area contributed by atoms with E-state index in [0.717, 1.165) is 31.5 Å². The molecule has 0 aliphatic rings. The standard InChI is InChI=1S/C15H34N4/c1-8-13(9-2)10-17-14(16-5)18-11-15(3,4)12-19(6)7/h13H,8-12H2,1-7H3,(H2,16,17,18). The Hall–Kier alpha value is -0.770. The second-order valence-electron chi connectivity index (χ2n) is 6.39. The van der Waals surface area contributed by atoms with Crippen molar-refractivity contribution in [3.8, 4) is 0 Å². The van der Waals surface area contributed by atoms with Crippen molar-refractivity contribution < 1.29 is 0 Å². The van der Waals surface area contributed by atoms with E-state index < -0.39 is 0 Å². The van der Waals surface area contributed by atoms with Gasteiger partial charge >= 0.3 is 0 Å². The Bertz CT molecular complexity index is 255. The van der Waals surface area contributed by atoms with Crippen LogP contribution in [-0.4, -0.2) is 51.6 Å². The van der Waals surface area contributed by atoms with Gasteiger partial charge in [-0.2, -0.15) is 0 Å². The minimum Gasteiger partial charge on any atom is -0.356 e. The van der Waals surface area contributed by atoms with E-state index in [1.54, 1.807) is 0 Å². The first kappa shape index (κ1) is 18.2. The van der Waals surface area contributed by atoms with E-state index in [1.807, 2.05) is 7.05 Å². The third kappa shape index (κ3) is 8.87. The molecule has 4 nitrogen and oxygen atoms in total. The molecule has 0 saturated carbocycles. The van der Waals surface area contributed by atoms with Crippen LogP contribution in [0.1, 0.15) is 40.5 Å². The molecule has 0 aromatic carbocycles. The molecule has 0 spiro atoms. The molecule has 0 heterocycles. The largest absolute Gasteiger partial charge is 0.356 e. The van der Waals surface area contributed by atoms with Gasteiger partial charge in [-0.25, -0.2) is 0 Å². The predicted octanol–water partition coefficient (Wildman–Crippen LogP) is 2.18. The van der Waals surface area contributed by atoms with Crippen LogP contribution in [0.2, 0.25) is 0 Å². The smallest absolute Gasteiger partial charge is 0.191 e. The van der Waals surface area contributed by atoms with Crippen molar-refractivity contribution in [2.75, 3.05) is 40.8 Å². The SMILES string of the molecule is CCC(CC)CNC(=NC)NCC(C)(C)CN(C)C. The second kappa shape index (κ2) is 9.18. The van der Waals surface area contributed by atoms with Crippen LogP contribution in [0.3, 0.4) is 0 Å². The molecule has 0 atom stereocenters. The molecule has 0 bridgehead atoms. The van der Waals surface area contributed by atoms with Gasteiger partial charge in [0.05, 0.1) is 0 Å². The van der Waals surface area contributed by atoms with Crippen LogP contribution in [0.15, 0.2) is 4.99 Å². The normalized spacial score (nSPS) is 13.2. The lowest BCUT2D eigenvalue weighted by molar-refractivity contribution is 0.241. The molecule has 4 heteroatoms. The number of aliphatic imine (C=N–C) groups is 1. The number of nitrogens with one attached hydrogen (secondary N) is 2. The quantitative estimate of drug-likeness (QED) is 0.524. The van der Waals surface area contributed by atoms with E-state index in [2.05, 4.69) is 62.3 Å². The summed E-state index contributed by atoms with van der Waals surface area (Å²) in [6, 6.07) is 0. The lowest BCUT2D eigenvalue weighted by atomic mass is 9.93. The molecule has 0 amide bonds. The van der Waals surface area contributed by atoms with Crippen molar-refractivity contribution >= 4 is 5.96 Å². The molecule has 0 rings (SSSR count). The van der Waals surface area contributed by atoms with Gasteiger partial charge in [-0.05, 0) is 25.4 Å². The Morgan fingerprint density at radius 3 is 2.16 bits per heavy atom. The summed E-state index contributed by atoms with van der Waals surface area (Å²) < 4.78 is 0. The van der Waals surface area contributed by atoms with E-state index >= 15 is 0 Å². The minimum atomic E-state index is 0.232. The van der Waals surface area contributed by atoms with Crippen molar-refractivity contribution in [2.24, 2.45) is 16.3 Å². The number of guanidine groups is 1. The van der Waals surface area contributed by atoms with E-state index in [9.17, 15) is 0 Å². The Morgan fingerprint density at radius 2 is 1.74 bits per heavy atom. The fourth-order valence-corrected chi connectivity index (χ4v) is 2.27. The molecule has 0 aliphatic heterocycles. The van der Waals surface area contributed by atoms with Crippen molar-refractivity contribution in [3.05, 3.63) is 0 Å². The Balaban J connectivity index is 4.14. The lowest BCUT2D eigenvalue weighted by Gasteiger charge is -2.29. The molecule has 2 N–H and O–H groups in total. The van der Waals surface area contributed by atoms with Crippen molar-refractivity contribution in [3.63, 3.8) is 0 Å². The number of hydrogen-bond donors (Lipinski definition) is 2. The maximum Gasteiger partial charge on any atom is 0.191 e. The first-order valence-corrected chi connectivity index (χ1v) is 7.43. The summed E-state index contributed by atoms with van der Waals surface area (Å²) >= 11 is 0. The van der Waals surface area contributed by atoms with E-state index in [-0.39, 0.29) is 5.41 Å². The fraction of sp³-hybridized carbons (Fsp3) is 0.933. The Morgan fingerprint density at radius 1 is 1.16 bits per heavy atom. The minimum absolute atomic E-state index is 0.232. The second-order valence-corrected chi connectivity index (χ2v) is 6.39. The third-order valence-electron chi connectivity index (χ3n) is 3.42. The molecule has 0 unspecified atom stereocenters. The number of hydrogen-bond acceptors (Lipinski definition) is 2. The first-order valence-electron chi connectivity index (χ1n) is 7.43. The summed E-state index contributed by atoms with van der Waals surface area (Å²) in [6.45, 7) is 12.0. The van der Waals surface area contributed by atoms with Gasteiger partial charge in [0.15, 0.2) is 5.96 Å².